The zero-order valence-corrected chi connectivity index (χ0v) is 10.5. The van der Waals surface area contributed by atoms with Crippen molar-refractivity contribution in [1.29, 1.82) is 0 Å². The summed E-state index contributed by atoms with van der Waals surface area (Å²) < 4.78 is 10.8. The maximum absolute atomic E-state index is 9.33. The lowest BCUT2D eigenvalue weighted by atomic mass is 10.1. The van der Waals surface area contributed by atoms with Gasteiger partial charge in [0, 0.05) is 0 Å². The number of phenolic OH excluding ortho intramolecular Hbond substituents is 1. The van der Waals surface area contributed by atoms with Gasteiger partial charge in [0.05, 0.1) is 7.11 Å². The summed E-state index contributed by atoms with van der Waals surface area (Å²) >= 11 is 0. The van der Waals surface area contributed by atoms with Gasteiger partial charge in [-0.05, 0) is 54.4 Å². The van der Waals surface area contributed by atoms with Crippen LogP contribution in [0.3, 0.4) is 0 Å². The lowest BCUT2D eigenvalue weighted by Crippen LogP contribution is -1.97. The molecule has 2 aromatic carbocycles. The quantitative estimate of drug-likeness (QED) is 0.897. The number of hydrogen-bond donors (Lipinski definition) is 1. The van der Waals surface area contributed by atoms with E-state index >= 15 is 0 Å². The van der Waals surface area contributed by atoms with Crippen molar-refractivity contribution in [1.82, 2.24) is 0 Å². The minimum Gasteiger partial charge on any atom is -0.508 e. The SMILES string of the molecule is COc1ccc(OCc2ccc(O)cc2C)cc1. The second-order valence-corrected chi connectivity index (χ2v) is 4.07. The van der Waals surface area contributed by atoms with Gasteiger partial charge in [0.15, 0.2) is 0 Å². The van der Waals surface area contributed by atoms with E-state index in [0.29, 0.717) is 6.61 Å². The van der Waals surface area contributed by atoms with E-state index < -0.39 is 0 Å². The number of benzene rings is 2. The molecule has 18 heavy (non-hydrogen) atoms. The molecule has 0 bridgehead atoms. The zero-order chi connectivity index (χ0) is 13.0. The van der Waals surface area contributed by atoms with Crippen LogP contribution in [0, 0.1) is 6.92 Å². The molecule has 94 valence electrons. The Hall–Kier alpha value is -2.16. The Kier molecular flexibility index (Phi) is 3.72. The fraction of sp³-hybridized carbons (Fsp3) is 0.200. The van der Waals surface area contributed by atoms with Crippen LogP contribution in [0.15, 0.2) is 42.5 Å². The van der Waals surface area contributed by atoms with Gasteiger partial charge in [0.2, 0.25) is 0 Å². The second kappa shape index (κ2) is 5.45. The molecule has 1 N–H and O–H groups in total. The Bertz CT molecular complexity index is 518. The molecular weight excluding hydrogens is 228 g/mol. The molecule has 0 heterocycles. The molecule has 0 aliphatic carbocycles. The number of aryl methyl sites for hydroxylation is 1. The summed E-state index contributed by atoms with van der Waals surface area (Å²) in [5.74, 6) is 1.88. The van der Waals surface area contributed by atoms with Crippen LogP contribution < -0.4 is 9.47 Å². The number of hydrogen-bond acceptors (Lipinski definition) is 3. The largest absolute Gasteiger partial charge is 0.508 e. The van der Waals surface area contributed by atoms with Crippen LogP contribution in [-0.2, 0) is 6.61 Å². The predicted octanol–water partition coefficient (Wildman–Crippen LogP) is 3.29. The normalized spacial score (nSPS) is 10.1. The third-order valence-corrected chi connectivity index (χ3v) is 2.78. The van der Waals surface area contributed by atoms with Crippen molar-refractivity contribution >= 4 is 0 Å². The first-order chi connectivity index (χ1) is 8.69. The van der Waals surface area contributed by atoms with Crippen LogP contribution in [0.5, 0.6) is 17.2 Å². The summed E-state index contributed by atoms with van der Waals surface area (Å²) in [5.41, 5.74) is 2.08. The Balaban J connectivity index is 2.02. The molecule has 0 atom stereocenters. The van der Waals surface area contributed by atoms with Gasteiger partial charge in [-0.3, -0.25) is 0 Å². The average Bonchev–Trinajstić information content (AvgIpc) is 2.38. The van der Waals surface area contributed by atoms with Crippen LogP contribution in [0.1, 0.15) is 11.1 Å². The number of rotatable bonds is 4. The highest BCUT2D eigenvalue weighted by molar-refractivity contribution is 5.35. The molecule has 0 radical (unpaired) electrons. The van der Waals surface area contributed by atoms with E-state index in [1.807, 2.05) is 37.3 Å². The highest BCUT2D eigenvalue weighted by atomic mass is 16.5. The highest BCUT2D eigenvalue weighted by Crippen LogP contribution is 2.20. The van der Waals surface area contributed by atoms with Crippen molar-refractivity contribution in [3.8, 4) is 17.2 Å². The maximum Gasteiger partial charge on any atom is 0.120 e. The molecule has 3 heteroatoms. The number of aromatic hydroxyl groups is 1. The van der Waals surface area contributed by atoms with E-state index in [1.165, 1.54) is 0 Å². The molecule has 0 unspecified atom stereocenters. The molecule has 0 aliphatic rings. The monoisotopic (exact) mass is 244 g/mol. The molecule has 2 rings (SSSR count). The molecule has 0 fully saturated rings. The molecule has 0 spiro atoms. The summed E-state index contributed by atoms with van der Waals surface area (Å²) in [6.45, 7) is 2.44. The fourth-order valence-electron chi connectivity index (χ4n) is 1.68. The van der Waals surface area contributed by atoms with E-state index in [9.17, 15) is 5.11 Å². The molecule has 0 aromatic heterocycles. The lowest BCUT2D eigenvalue weighted by molar-refractivity contribution is 0.304. The first kappa shape index (κ1) is 12.3. The Morgan fingerprint density at radius 1 is 1.00 bits per heavy atom. The molecule has 3 nitrogen and oxygen atoms in total. The minimum atomic E-state index is 0.278. The minimum absolute atomic E-state index is 0.278. The van der Waals surface area contributed by atoms with Crippen molar-refractivity contribution in [2.75, 3.05) is 7.11 Å². The summed E-state index contributed by atoms with van der Waals surface area (Å²) in [5, 5.41) is 9.33. The standard InChI is InChI=1S/C15H16O3/c1-11-9-13(16)4-3-12(11)10-18-15-7-5-14(17-2)6-8-15/h3-9,16H,10H2,1-2H3. The van der Waals surface area contributed by atoms with Crippen molar-refractivity contribution in [2.45, 2.75) is 13.5 Å². The second-order valence-electron chi connectivity index (χ2n) is 4.07. The van der Waals surface area contributed by atoms with Gasteiger partial charge in [-0.2, -0.15) is 0 Å². The van der Waals surface area contributed by atoms with Crippen LogP contribution in [0.4, 0.5) is 0 Å². The van der Waals surface area contributed by atoms with E-state index in [-0.39, 0.29) is 5.75 Å². The smallest absolute Gasteiger partial charge is 0.120 e. The van der Waals surface area contributed by atoms with Gasteiger partial charge >= 0.3 is 0 Å². The summed E-state index contributed by atoms with van der Waals surface area (Å²) in [6.07, 6.45) is 0. The lowest BCUT2D eigenvalue weighted by Gasteiger charge is -2.09. The average molecular weight is 244 g/mol. The van der Waals surface area contributed by atoms with Crippen molar-refractivity contribution in [3.63, 3.8) is 0 Å². The number of ether oxygens (including phenoxy) is 2. The van der Waals surface area contributed by atoms with Crippen molar-refractivity contribution in [2.24, 2.45) is 0 Å². The predicted molar refractivity (Wildman–Crippen MR) is 70.2 cm³/mol. The van der Waals surface area contributed by atoms with Crippen LogP contribution in [0.2, 0.25) is 0 Å². The van der Waals surface area contributed by atoms with Gasteiger partial charge < -0.3 is 14.6 Å². The van der Waals surface area contributed by atoms with E-state index in [1.54, 1.807) is 19.2 Å². The number of methoxy groups -OCH3 is 1. The van der Waals surface area contributed by atoms with Gasteiger partial charge in [-0.1, -0.05) is 6.07 Å². The number of phenols is 1. The zero-order valence-electron chi connectivity index (χ0n) is 10.5. The fourth-order valence-corrected chi connectivity index (χ4v) is 1.68. The van der Waals surface area contributed by atoms with Crippen molar-refractivity contribution in [3.05, 3.63) is 53.6 Å². The van der Waals surface area contributed by atoms with Crippen LogP contribution in [-0.4, -0.2) is 12.2 Å². The van der Waals surface area contributed by atoms with Gasteiger partial charge in [0.25, 0.3) is 0 Å². The van der Waals surface area contributed by atoms with E-state index in [0.717, 1.165) is 22.6 Å². The van der Waals surface area contributed by atoms with Crippen molar-refractivity contribution < 1.29 is 14.6 Å². The van der Waals surface area contributed by atoms with Gasteiger partial charge in [0.1, 0.15) is 23.9 Å². The molecule has 0 amide bonds. The topological polar surface area (TPSA) is 38.7 Å². The van der Waals surface area contributed by atoms with Crippen LogP contribution in [0.25, 0.3) is 0 Å². The molecule has 0 aliphatic heterocycles. The first-order valence-corrected chi connectivity index (χ1v) is 5.74. The third-order valence-electron chi connectivity index (χ3n) is 2.78. The van der Waals surface area contributed by atoms with Gasteiger partial charge in [-0.25, -0.2) is 0 Å². The maximum atomic E-state index is 9.33. The summed E-state index contributed by atoms with van der Waals surface area (Å²) in [6, 6.07) is 12.7. The van der Waals surface area contributed by atoms with E-state index in [4.69, 9.17) is 9.47 Å². The Labute approximate surface area is 107 Å². The third kappa shape index (κ3) is 2.94. The van der Waals surface area contributed by atoms with Crippen LogP contribution >= 0.6 is 0 Å². The molecular formula is C15H16O3. The molecule has 2 aromatic rings. The van der Waals surface area contributed by atoms with Gasteiger partial charge in [-0.15, -0.1) is 0 Å². The Morgan fingerprint density at radius 3 is 2.28 bits per heavy atom. The summed E-state index contributed by atoms with van der Waals surface area (Å²) in [7, 11) is 1.63. The first-order valence-electron chi connectivity index (χ1n) is 5.74. The molecule has 0 saturated heterocycles. The summed E-state index contributed by atoms with van der Waals surface area (Å²) in [4.78, 5) is 0. The Morgan fingerprint density at radius 2 is 1.67 bits per heavy atom. The van der Waals surface area contributed by atoms with E-state index in [2.05, 4.69) is 0 Å². The highest BCUT2D eigenvalue weighted by Gasteiger charge is 2.01. The molecule has 0 saturated carbocycles.